The average Bonchev–Trinajstić information content (AvgIpc) is 3.24. The van der Waals surface area contributed by atoms with Gasteiger partial charge in [0.1, 0.15) is 5.76 Å². The monoisotopic (exact) mass is 379 g/mol. The van der Waals surface area contributed by atoms with Gasteiger partial charge in [-0.05, 0) is 41.7 Å². The maximum atomic E-state index is 13.1. The van der Waals surface area contributed by atoms with E-state index in [4.69, 9.17) is 9.15 Å². The fraction of sp³-hybridized carbons (Fsp3) is 0.304. The highest BCUT2D eigenvalue weighted by Crippen LogP contribution is 2.33. The molecule has 1 aromatic heterocycles. The van der Waals surface area contributed by atoms with Crippen LogP contribution in [0.25, 0.3) is 6.08 Å². The van der Waals surface area contributed by atoms with E-state index in [2.05, 4.69) is 20.8 Å². The van der Waals surface area contributed by atoms with Crippen LogP contribution >= 0.6 is 0 Å². The molecule has 0 radical (unpaired) electrons. The summed E-state index contributed by atoms with van der Waals surface area (Å²) in [5.74, 6) is -0.118. The molecule has 1 aromatic carbocycles. The normalized spacial score (nSPS) is 16.2. The van der Waals surface area contributed by atoms with E-state index in [1.807, 2.05) is 24.3 Å². The molecule has 2 heterocycles. The summed E-state index contributed by atoms with van der Waals surface area (Å²) in [6, 6.07) is 11.6. The van der Waals surface area contributed by atoms with Crippen LogP contribution in [0.1, 0.15) is 44.6 Å². The minimum Gasteiger partial charge on any atom is -0.467 e. The summed E-state index contributed by atoms with van der Waals surface area (Å²) in [6.07, 6.45) is 3.30. The number of esters is 1. The average molecular weight is 379 g/mol. The molecule has 146 valence electrons. The van der Waals surface area contributed by atoms with Crippen LogP contribution in [-0.4, -0.2) is 23.9 Å². The minimum atomic E-state index is -0.523. The molecule has 0 fully saturated rings. The zero-order valence-electron chi connectivity index (χ0n) is 16.9. The van der Waals surface area contributed by atoms with Crippen LogP contribution in [0.3, 0.4) is 0 Å². The first-order chi connectivity index (χ1) is 13.2. The smallest absolute Gasteiger partial charge is 0.340 e. The second kappa shape index (κ2) is 7.50. The van der Waals surface area contributed by atoms with Crippen LogP contribution < -0.4 is 0 Å². The van der Waals surface area contributed by atoms with Gasteiger partial charge < -0.3 is 14.1 Å². The van der Waals surface area contributed by atoms with E-state index in [9.17, 15) is 9.59 Å². The highest BCUT2D eigenvalue weighted by molar-refractivity contribution is 6.16. The number of allylic oxidation sites excluding steroid dienone is 1. The number of carbonyl (C=O) groups excluding carboxylic acids is 2. The van der Waals surface area contributed by atoms with Gasteiger partial charge in [0, 0.05) is 5.70 Å². The number of furan rings is 1. The second-order valence-electron chi connectivity index (χ2n) is 7.85. The molecule has 0 atom stereocenters. The van der Waals surface area contributed by atoms with Crippen molar-refractivity contribution >= 4 is 18.0 Å². The Labute approximate surface area is 165 Å². The van der Waals surface area contributed by atoms with E-state index < -0.39 is 5.97 Å². The third-order valence-corrected chi connectivity index (χ3v) is 4.88. The molecule has 0 aliphatic carbocycles. The standard InChI is InChI=1S/C23H25NO4/c1-15-20(22(26)27-5)19(21(25)24(15)14-18-7-6-12-28-18)13-16-8-10-17(11-9-16)23(2,3)4/h6-13H,14H2,1-5H3/b19-13-. The van der Waals surface area contributed by atoms with Crippen LogP contribution in [0, 0.1) is 0 Å². The van der Waals surface area contributed by atoms with Gasteiger partial charge in [-0.3, -0.25) is 4.79 Å². The molecule has 0 unspecified atom stereocenters. The van der Waals surface area contributed by atoms with Gasteiger partial charge in [0.2, 0.25) is 0 Å². The molecule has 3 rings (SSSR count). The Kier molecular flexibility index (Phi) is 5.27. The predicted octanol–water partition coefficient (Wildman–Crippen LogP) is 4.45. The number of hydrogen-bond donors (Lipinski definition) is 0. The number of benzene rings is 1. The number of carbonyl (C=O) groups is 2. The Hall–Kier alpha value is -3.08. The predicted molar refractivity (Wildman–Crippen MR) is 107 cm³/mol. The quantitative estimate of drug-likeness (QED) is 0.582. The van der Waals surface area contributed by atoms with Crippen LogP contribution in [0.4, 0.5) is 0 Å². The Morgan fingerprint density at radius 2 is 1.86 bits per heavy atom. The number of ether oxygens (including phenoxy) is 1. The van der Waals surface area contributed by atoms with Gasteiger partial charge in [0.15, 0.2) is 0 Å². The molecular weight excluding hydrogens is 354 g/mol. The van der Waals surface area contributed by atoms with Gasteiger partial charge in [0.25, 0.3) is 5.91 Å². The third kappa shape index (κ3) is 3.79. The second-order valence-corrected chi connectivity index (χ2v) is 7.85. The van der Waals surface area contributed by atoms with E-state index >= 15 is 0 Å². The molecule has 1 amide bonds. The Morgan fingerprint density at radius 1 is 1.18 bits per heavy atom. The topological polar surface area (TPSA) is 59.8 Å². The number of hydrogen-bond acceptors (Lipinski definition) is 4. The van der Waals surface area contributed by atoms with Crippen molar-refractivity contribution in [3.8, 4) is 0 Å². The Morgan fingerprint density at radius 3 is 2.39 bits per heavy atom. The van der Waals surface area contributed by atoms with Crippen LogP contribution in [0.15, 0.2) is 63.9 Å². The first-order valence-corrected chi connectivity index (χ1v) is 9.18. The maximum absolute atomic E-state index is 13.1. The minimum absolute atomic E-state index is 0.0440. The van der Waals surface area contributed by atoms with Crippen LogP contribution in [0.5, 0.6) is 0 Å². The fourth-order valence-electron chi connectivity index (χ4n) is 3.22. The van der Waals surface area contributed by atoms with Crippen LogP contribution in [-0.2, 0) is 26.3 Å². The highest BCUT2D eigenvalue weighted by Gasteiger charge is 2.37. The van der Waals surface area contributed by atoms with E-state index in [1.165, 1.54) is 12.7 Å². The van der Waals surface area contributed by atoms with Gasteiger partial charge >= 0.3 is 5.97 Å². The molecule has 0 N–H and O–H groups in total. The van der Waals surface area contributed by atoms with Gasteiger partial charge in [0.05, 0.1) is 31.1 Å². The van der Waals surface area contributed by atoms with Crippen molar-refractivity contribution in [2.24, 2.45) is 0 Å². The summed E-state index contributed by atoms with van der Waals surface area (Å²) in [5, 5.41) is 0. The lowest BCUT2D eigenvalue weighted by molar-refractivity contribution is -0.136. The number of methoxy groups -OCH3 is 1. The lowest BCUT2D eigenvalue weighted by Crippen LogP contribution is -2.24. The zero-order valence-corrected chi connectivity index (χ0v) is 16.9. The first-order valence-electron chi connectivity index (χ1n) is 9.18. The van der Waals surface area contributed by atoms with E-state index in [-0.39, 0.29) is 17.9 Å². The van der Waals surface area contributed by atoms with E-state index in [0.29, 0.717) is 22.6 Å². The summed E-state index contributed by atoms with van der Waals surface area (Å²) < 4.78 is 10.3. The first kappa shape index (κ1) is 19.7. The molecule has 1 aliphatic heterocycles. The molecule has 5 nitrogen and oxygen atoms in total. The van der Waals surface area contributed by atoms with Crippen molar-refractivity contribution in [1.29, 1.82) is 0 Å². The molecule has 2 aromatic rings. The summed E-state index contributed by atoms with van der Waals surface area (Å²) in [6.45, 7) is 8.45. The van der Waals surface area contributed by atoms with E-state index in [0.717, 1.165) is 5.56 Å². The Bertz CT molecular complexity index is 941. The van der Waals surface area contributed by atoms with Crippen molar-refractivity contribution in [3.63, 3.8) is 0 Å². The van der Waals surface area contributed by atoms with Crippen molar-refractivity contribution in [3.05, 3.63) is 76.4 Å². The molecule has 5 heteroatoms. The van der Waals surface area contributed by atoms with Crippen molar-refractivity contribution < 1.29 is 18.7 Å². The summed E-state index contributed by atoms with van der Waals surface area (Å²) in [7, 11) is 1.32. The van der Waals surface area contributed by atoms with Gasteiger partial charge in [-0.1, -0.05) is 45.0 Å². The Balaban J connectivity index is 1.99. The number of amides is 1. The number of nitrogens with zero attached hydrogens (tertiary/aromatic N) is 1. The molecule has 0 saturated carbocycles. The van der Waals surface area contributed by atoms with Gasteiger partial charge in [-0.25, -0.2) is 4.79 Å². The van der Waals surface area contributed by atoms with Crippen LogP contribution in [0.2, 0.25) is 0 Å². The van der Waals surface area contributed by atoms with E-state index in [1.54, 1.807) is 36.3 Å². The lowest BCUT2D eigenvalue weighted by Gasteiger charge is -2.18. The summed E-state index contributed by atoms with van der Waals surface area (Å²) in [5.41, 5.74) is 3.28. The highest BCUT2D eigenvalue weighted by atomic mass is 16.5. The van der Waals surface area contributed by atoms with Gasteiger partial charge in [-0.15, -0.1) is 0 Å². The molecule has 1 aliphatic rings. The molecule has 0 saturated heterocycles. The van der Waals surface area contributed by atoms with Crippen molar-refractivity contribution in [2.75, 3.05) is 7.11 Å². The van der Waals surface area contributed by atoms with Gasteiger partial charge in [-0.2, -0.15) is 0 Å². The lowest BCUT2D eigenvalue weighted by atomic mass is 9.86. The summed E-state index contributed by atoms with van der Waals surface area (Å²) >= 11 is 0. The SMILES string of the molecule is COC(=O)C1=C(C)N(Cc2ccco2)C(=O)/C1=C\c1ccc(C(C)(C)C)cc1. The van der Waals surface area contributed by atoms with Crippen molar-refractivity contribution in [1.82, 2.24) is 4.90 Å². The fourth-order valence-corrected chi connectivity index (χ4v) is 3.22. The third-order valence-electron chi connectivity index (χ3n) is 4.88. The van der Waals surface area contributed by atoms with Crippen molar-refractivity contribution in [2.45, 2.75) is 39.7 Å². The summed E-state index contributed by atoms with van der Waals surface area (Å²) in [4.78, 5) is 27.0. The molecule has 0 spiro atoms. The maximum Gasteiger partial charge on any atom is 0.340 e. The largest absolute Gasteiger partial charge is 0.467 e. The molecule has 0 bridgehead atoms. The molecule has 28 heavy (non-hydrogen) atoms. The number of rotatable bonds is 4. The zero-order chi connectivity index (χ0) is 20.5. The molecular formula is C23H25NO4.